The van der Waals surface area contributed by atoms with Gasteiger partial charge in [0.2, 0.25) is 0 Å². The summed E-state index contributed by atoms with van der Waals surface area (Å²) in [6, 6.07) is 4.12. The Morgan fingerprint density at radius 3 is 2.74 bits per heavy atom. The first-order valence-electron chi connectivity index (χ1n) is 5.77. The van der Waals surface area contributed by atoms with Gasteiger partial charge >= 0.3 is 0 Å². The quantitative estimate of drug-likeness (QED) is 0.351. The number of ketones is 1. The molecule has 1 rings (SSSR count). The molecule has 6 nitrogen and oxygen atoms in total. The molecule has 0 radical (unpaired) electrons. The van der Waals surface area contributed by atoms with E-state index < -0.39 is 4.92 Å². The Hall–Kier alpha value is -2.21. The zero-order chi connectivity index (χ0) is 14.4. The lowest BCUT2D eigenvalue weighted by Crippen LogP contribution is -2.28. The van der Waals surface area contributed by atoms with Crippen molar-refractivity contribution in [2.45, 2.75) is 6.92 Å². The Kier molecular flexibility index (Phi) is 5.20. The van der Waals surface area contributed by atoms with Crippen molar-refractivity contribution < 1.29 is 14.8 Å². The van der Waals surface area contributed by atoms with Crippen molar-refractivity contribution in [3.8, 4) is 0 Å². The van der Waals surface area contributed by atoms with Crippen LogP contribution < -0.4 is 4.90 Å². The number of aliphatic hydroxyl groups is 1. The van der Waals surface area contributed by atoms with Crippen molar-refractivity contribution in [2.75, 3.05) is 24.6 Å². The molecule has 0 atom stereocenters. The average Bonchev–Trinajstić information content (AvgIpc) is 2.37. The number of aliphatic hydroxyl groups excluding tert-OH is 1. The van der Waals surface area contributed by atoms with Gasteiger partial charge in [0.05, 0.1) is 11.5 Å². The van der Waals surface area contributed by atoms with Crippen molar-refractivity contribution in [3.05, 3.63) is 46.5 Å². The molecule has 0 aromatic heterocycles. The molecule has 0 aliphatic carbocycles. The summed E-state index contributed by atoms with van der Waals surface area (Å²) >= 11 is 0. The molecule has 1 N–H and O–H groups in total. The second-order valence-corrected chi connectivity index (χ2v) is 3.97. The standard InChI is InChI=1S/C13H16N2O4/c1-3-6-14(7-8-16)13-5-4-11(15(18)19)9-12(13)10(2)17/h3-5,9,16H,1,6-8H2,2H3. The molecule has 0 aliphatic heterocycles. The molecule has 0 fully saturated rings. The fraction of sp³-hybridized carbons (Fsp3) is 0.308. The van der Waals surface area contributed by atoms with Crippen LogP contribution in [0.5, 0.6) is 0 Å². The molecule has 0 bridgehead atoms. The van der Waals surface area contributed by atoms with Gasteiger partial charge in [-0.3, -0.25) is 14.9 Å². The molecule has 0 heterocycles. The van der Waals surface area contributed by atoms with E-state index in [1.807, 2.05) is 0 Å². The van der Waals surface area contributed by atoms with Gasteiger partial charge in [-0.2, -0.15) is 0 Å². The van der Waals surface area contributed by atoms with E-state index in [1.165, 1.54) is 25.1 Å². The Morgan fingerprint density at radius 2 is 2.26 bits per heavy atom. The van der Waals surface area contributed by atoms with E-state index in [0.29, 0.717) is 18.8 Å². The number of nitro groups is 1. The third-order valence-corrected chi connectivity index (χ3v) is 2.63. The van der Waals surface area contributed by atoms with Crippen LogP contribution in [0.1, 0.15) is 17.3 Å². The zero-order valence-electron chi connectivity index (χ0n) is 10.7. The summed E-state index contributed by atoms with van der Waals surface area (Å²) in [6.07, 6.45) is 1.64. The first-order chi connectivity index (χ1) is 9.01. The van der Waals surface area contributed by atoms with E-state index in [1.54, 1.807) is 11.0 Å². The second kappa shape index (κ2) is 6.65. The number of benzene rings is 1. The van der Waals surface area contributed by atoms with Crippen LogP contribution in [0.2, 0.25) is 0 Å². The molecular weight excluding hydrogens is 248 g/mol. The van der Waals surface area contributed by atoms with Crippen LogP contribution in [0.25, 0.3) is 0 Å². The molecule has 1 aromatic carbocycles. The van der Waals surface area contributed by atoms with Crippen LogP contribution in [0.15, 0.2) is 30.9 Å². The van der Waals surface area contributed by atoms with Gasteiger partial charge in [-0.25, -0.2) is 0 Å². The van der Waals surface area contributed by atoms with Gasteiger partial charge in [-0.1, -0.05) is 6.08 Å². The lowest BCUT2D eigenvalue weighted by atomic mass is 10.1. The Labute approximate surface area is 111 Å². The van der Waals surface area contributed by atoms with E-state index >= 15 is 0 Å². The molecule has 0 saturated carbocycles. The summed E-state index contributed by atoms with van der Waals surface area (Å²) in [5, 5.41) is 19.8. The van der Waals surface area contributed by atoms with Gasteiger partial charge in [0, 0.05) is 36.5 Å². The van der Waals surface area contributed by atoms with Crippen LogP contribution >= 0.6 is 0 Å². The van der Waals surface area contributed by atoms with Gasteiger partial charge in [-0.05, 0) is 13.0 Å². The van der Waals surface area contributed by atoms with Crippen molar-refractivity contribution in [2.24, 2.45) is 0 Å². The summed E-state index contributed by atoms with van der Waals surface area (Å²) in [4.78, 5) is 23.6. The van der Waals surface area contributed by atoms with Crippen LogP contribution in [0.4, 0.5) is 11.4 Å². The Balaban J connectivity index is 3.27. The van der Waals surface area contributed by atoms with E-state index in [9.17, 15) is 14.9 Å². The topological polar surface area (TPSA) is 83.7 Å². The van der Waals surface area contributed by atoms with Crippen molar-refractivity contribution in [1.82, 2.24) is 0 Å². The van der Waals surface area contributed by atoms with Crippen molar-refractivity contribution in [3.63, 3.8) is 0 Å². The zero-order valence-corrected chi connectivity index (χ0v) is 10.7. The second-order valence-electron chi connectivity index (χ2n) is 3.97. The summed E-state index contributed by atoms with van der Waals surface area (Å²) in [7, 11) is 0. The van der Waals surface area contributed by atoms with Gasteiger partial charge in [0.25, 0.3) is 5.69 Å². The minimum Gasteiger partial charge on any atom is -0.395 e. The highest BCUT2D eigenvalue weighted by Gasteiger charge is 2.17. The molecule has 6 heteroatoms. The largest absolute Gasteiger partial charge is 0.395 e. The lowest BCUT2D eigenvalue weighted by molar-refractivity contribution is -0.384. The molecule has 1 aromatic rings. The summed E-state index contributed by atoms with van der Waals surface area (Å²) in [6.45, 7) is 5.65. The van der Waals surface area contributed by atoms with Gasteiger partial charge in [-0.15, -0.1) is 6.58 Å². The number of hydrogen-bond donors (Lipinski definition) is 1. The minimum atomic E-state index is -0.542. The summed E-state index contributed by atoms with van der Waals surface area (Å²) in [5.41, 5.74) is 0.702. The normalized spacial score (nSPS) is 10.0. The van der Waals surface area contributed by atoms with Crippen LogP contribution in [-0.4, -0.2) is 35.5 Å². The third kappa shape index (κ3) is 3.62. The predicted octanol–water partition coefficient (Wildman–Crippen LogP) is 1.78. The molecular formula is C13H16N2O4. The number of hydrogen-bond acceptors (Lipinski definition) is 5. The molecule has 0 spiro atoms. The Bertz CT molecular complexity index is 499. The highest BCUT2D eigenvalue weighted by atomic mass is 16.6. The highest BCUT2D eigenvalue weighted by Crippen LogP contribution is 2.26. The number of nitro benzene ring substituents is 1. The number of Topliss-reactive ketones (excluding diaryl/α,β-unsaturated/α-hetero) is 1. The predicted molar refractivity (Wildman–Crippen MR) is 72.6 cm³/mol. The third-order valence-electron chi connectivity index (χ3n) is 2.63. The van der Waals surface area contributed by atoms with E-state index in [0.717, 1.165) is 0 Å². The summed E-state index contributed by atoms with van der Waals surface area (Å²) < 4.78 is 0. The smallest absolute Gasteiger partial charge is 0.270 e. The maximum Gasteiger partial charge on any atom is 0.270 e. The molecule has 0 amide bonds. The fourth-order valence-electron chi connectivity index (χ4n) is 1.78. The first-order valence-corrected chi connectivity index (χ1v) is 5.77. The number of non-ortho nitro benzene ring substituents is 1. The number of rotatable bonds is 7. The average molecular weight is 264 g/mol. The minimum absolute atomic E-state index is 0.0812. The number of anilines is 1. The van der Waals surface area contributed by atoms with Gasteiger partial charge in [0.15, 0.2) is 5.78 Å². The molecule has 0 aliphatic rings. The van der Waals surface area contributed by atoms with Crippen molar-refractivity contribution in [1.29, 1.82) is 0 Å². The van der Waals surface area contributed by atoms with Crippen molar-refractivity contribution >= 4 is 17.2 Å². The molecule has 0 saturated heterocycles. The highest BCUT2D eigenvalue weighted by molar-refractivity contribution is 6.00. The van der Waals surface area contributed by atoms with Crippen LogP contribution in [0, 0.1) is 10.1 Å². The van der Waals surface area contributed by atoms with E-state index in [2.05, 4.69) is 6.58 Å². The van der Waals surface area contributed by atoms with Crippen LogP contribution in [0.3, 0.4) is 0 Å². The molecule has 19 heavy (non-hydrogen) atoms. The Morgan fingerprint density at radius 1 is 1.58 bits per heavy atom. The SMILES string of the molecule is C=CCN(CCO)c1ccc([N+](=O)[O-])cc1C(C)=O. The molecule has 0 unspecified atom stereocenters. The number of nitrogens with zero attached hydrogens (tertiary/aromatic N) is 2. The van der Waals surface area contributed by atoms with Crippen LogP contribution in [-0.2, 0) is 0 Å². The van der Waals surface area contributed by atoms with E-state index in [4.69, 9.17) is 5.11 Å². The lowest BCUT2D eigenvalue weighted by Gasteiger charge is -2.24. The maximum absolute atomic E-state index is 11.6. The van der Waals surface area contributed by atoms with Gasteiger partial charge in [0.1, 0.15) is 0 Å². The maximum atomic E-state index is 11.6. The number of carbonyl (C=O) groups is 1. The first kappa shape index (κ1) is 14.8. The van der Waals surface area contributed by atoms with E-state index in [-0.39, 0.29) is 23.6 Å². The number of carbonyl (C=O) groups excluding carboxylic acids is 1. The molecule has 102 valence electrons. The summed E-state index contributed by atoms with van der Waals surface area (Å²) in [5.74, 6) is -0.259. The van der Waals surface area contributed by atoms with Gasteiger partial charge < -0.3 is 10.0 Å². The monoisotopic (exact) mass is 264 g/mol. The fourth-order valence-corrected chi connectivity index (χ4v) is 1.78.